The van der Waals surface area contributed by atoms with Gasteiger partial charge >= 0.3 is 0 Å². The lowest BCUT2D eigenvalue weighted by Crippen LogP contribution is -2.13. The van der Waals surface area contributed by atoms with Crippen LogP contribution in [0.25, 0.3) is 0 Å². The van der Waals surface area contributed by atoms with E-state index in [1.165, 1.54) is 13.0 Å². The molecule has 0 saturated carbocycles. The number of phenols is 1. The molecule has 0 spiro atoms. The highest BCUT2D eigenvalue weighted by Gasteiger charge is 2.10. The molecule has 0 bridgehead atoms. The topological polar surface area (TPSA) is 78.8 Å². The van der Waals surface area contributed by atoms with Gasteiger partial charge in [0.15, 0.2) is 11.6 Å². The van der Waals surface area contributed by atoms with Crippen molar-refractivity contribution in [2.45, 2.75) is 34.1 Å². The van der Waals surface area contributed by atoms with Crippen LogP contribution in [0.1, 0.15) is 33.3 Å². The van der Waals surface area contributed by atoms with Gasteiger partial charge in [0.05, 0.1) is 6.61 Å². The van der Waals surface area contributed by atoms with Gasteiger partial charge in [-0.1, -0.05) is 44.2 Å². The van der Waals surface area contributed by atoms with Crippen LogP contribution in [0.4, 0.5) is 10.1 Å². The largest absolute Gasteiger partial charge is 0.508 e. The van der Waals surface area contributed by atoms with Crippen LogP contribution in [-0.4, -0.2) is 22.7 Å². The van der Waals surface area contributed by atoms with Crippen LogP contribution in [0.3, 0.4) is 0 Å². The quantitative estimate of drug-likeness (QED) is 0.265. The van der Waals surface area contributed by atoms with Gasteiger partial charge in [0, 0.05) is 23.7 Å². The summed E-state index contributed by atoms with van der Waals surface area (Å²) in [6, 6.07) is 13.9. The number of carbonyl (C=O) groups excluding carboxylic acids is 1. The zero-order valence-electron chi connectivity index (χ0n) is 18.4. The maximum Gasteiger partial charge on any atom is 0.255 e. The van der Waals surface area contributed by atoms with E-state index in [0.717, 1.165) is 17.7 Å². The Balaban J connectivity index is 0.00000233. The van der Waals surface area contributed by atoms with Crippen LogP contribution in [0.15, 0.2) is 83.9 Å². The number of anilines is 1. The minimum absolute atomic E-state index is 0.116. The lowest BCUT2D eigenvalue weighted by molar-refractivity contribution is -0.112. The number of benzene rings is 2. The molecule has 1 amide bonds. The molecule has 0 atom stereocenters. The molecule has 0 aromatic heterocycles. The highest BCUT2D eigenvalue weighted by Crippen LogP contribution is 2.21. The summed E-state index contributed by atoms with van der Waals surface area (Å²) in [4.78, 5) is 12.4. The number of halogens is 1. The van der Waals surface area contributed by atoms with Crippen LogP contribution in [0, 0.1) is 0 Å². The van der Waals surface area contributed by atoms with Crippen LogP contribution < -0.4 is 10.1 Å². The van der Waals surface area contributed by atoms with E-state index in [2.05, 4.69) is 5.32 Å². The Morgan fingerprint density at radius 3 is 2.45 bits per heavy atom. The third-order valence-electron chi connectivity index (χ3n) is 4.09. The number of aliphatic hydroxyl groups is 1. The molecular weight excluding hydrogens is 397 g/mol. The predicted octanol–water partition coefficient (Wildman–Crippen LogP) is 6.24. The smallest absolute Gasteiger partial charge is 0.255 e. The number of allylic oxidation sites excluding steroid dienone is 3. The van der Waals surface area contributed by atoms with E-state index in [1.54, 1.807) is 43.3 Å². The maximum absolute atomic E-state index is 13.4. The predicted molar refractivity (Wildman–Crippen MR) is 123 cm³/mol. The molecule has 2 rings (SSSR count). The summed E-state index contributed by atoms with van der Waals surface area (Å²) < 4.78 is 19.1. The number of hydrogen-bond acceptors (Lipinski definition) is 4. The number of carbonyl (C=O) groups is 1. The van der Waals surface area contributed by atoms with Crippen LogP contribution >= 0.6 is 0 Å². The Kier molecular flexibility index (Phi) is 11.2. The molecule has 0 unspecified atom stereocenters. The zero-order valence-corrected chi connectivity index (χ0v) is 18.4. The van der Waals surface area contributed by atoms with Crippen molar-refractivity contribution in [3.63, 3.8) is 0 Å². The lowest BCUT2D eigenvalue weighted by Gasteiger charge is -2.10. The van der Waals surface area contributed by atoms with Gasteiger partial charge in [0.2, 0.25) is 0 Å². The second-order valence-corrected chi connectivity index (χ2v) is 6.12. The van der Waals surface area contributed by atoms with E-state index in [1.807, 2.05) is 26.0 Å². The van der Waals surface area contributed by atoms with Gasteiger partial charge in [-0.3, -0.25) is 4.79 Å². The first-order chi connectivity index (χ1) is 14.9. The fraction of sp³-hybridized carbons (Fsp3) is 0.240. The molecule has 0 aliphatic carbocycles. The Morgan fingerprint density at radius 1 is 1.10 bits per heavy atom. The van der Waals surface area contributed by atoms with E-state index in [9.17, 15) is 19.4 Å². The normalized spacial score (nSPS) is 12.0. The van der Waals surface area contributed by atoms with Gasteiger partial charge in [-0.25, -0.2) is 4.39 Å². The SMILES string of the molecule is C/C=C(/C=C(O)\C(F)=C/C)C(=O)Nc1cccc(OCCc2ccccc2O)c1.CC. The maximum atomic E-state index is 13.4. The third-order valence-corrected chi connectivity index (χ3v) is 4.09. The Morgan fingerprint density at radius 2 is 1.81 bits per heavy atom. The third kappa shape index (κ3) is 8.38. The summed E-state index contributed by atoms with van der Waals surface area (Å²) >= 11 is 0. The van der Waals surface area contributed by atoms with E-state index >= 15 is 0 Å². The molecule has 0 radical (unpaired) electrons. The molecule has 5 nitrogen and oxygen atoms in total. The standard InChI is InChI=1S/C23H24FNO4.C2H6/c1-3-16(14-22(27)20(24)4-2)23(28)25-18-9-7-10-19(15-18)29-13-12-17-8-5-6-11-21(17)26;1-2/h3-11,14-15,26-27H,12-13H2,1-2H3,(H,25,28);1-2H3/b16-3-,20-4+,22-14+;. The van der Waals surface area contributed by atoms with E-state index in [4.69, 9.17) is 4.74 Å². The fourth-order valence-corrected chi connectivity index (χ4v) is 2.51. The highest BCUT2D eigenvalue weighted by molar-refractivity contribution is 6.05. The number of para-hydroxylation sites is 1. The second-order valence-electron chi connectivity index (χ2n) is 6.12. The minimum atomic E-state index is -0.808. The number of phenolic OH excluding ortho intramolecular Hbond substituents is 1. The van der Waals surface area contributed by atoms with Crippen LogP contribution in [0.5, 0.6) is 11.5 Å². The van der Waals surface area contributed by atoms with Crippen molar-refractivity contribution in [1.29, 1.82) is 0 Å². The second kappa shape index (κ2) is 13.6. The number of amides is 1. The zero-order chi connectivity index (χ0) is 23.2. The molecule has 0 heterocycles. The number of rotatable bonds is 8. The molecule has 2 aromatic rings. The minimum Gasteiger partial charge on any atom is -0.508 e. The van der Waals surface area contributed by atoms with Crippen molar-refractivity contribution < 1.29 is 24.1 Å². The summed E-state index contributed by atoms with van der Waals surface area (Å²) in [5.74, 6) is -1.14. The molecule has 166 valence electrons. The van der Waals surface area contributed by atoms with Gasteiger partial charge in [-0.15, -0.1) is 0 Å². The lowest BCUT2D eigenvalue weighted by atomic mass is 10.1. The fourth-order valence-electron chi connectivity index (χ4n) is 2.51. The van der Waals surface area contributed by atoms with Crippen molar-refractivity contribution in [3.05, 3.63) is 89.5 Å². The molecule has 6 heteroatoms. The van der Waals surface area contributed by atoms with Gasteiger partial charge in [0.1, 0.15) is 11.5 Å². The summed E-state index contributed by atoms with van der Waals surface area (Å²) in [5.41, 5.74) is 1.40. The van der Waals surface area contributed by atoms with Crippen molar-refractivity contribution in [1.82, 2.24) is 0 Å². The first kappa shape index (κ1) is 25.5. The monoisotopic (exact) mass is 427 g/mol. The summed E-state index contributed by atoms with van der Waals surface area (Å²) in [5, 5.41) is 22.1. The Bertz CT molecular complexity index is 948. The molecule has 0 aliphatic rings. The van der Waals surface area contributed by atoms with Gasteiger partial charge in [-0.2, -0.15) is 0 Å². The molecule has 31 heavy (non-hydrogen) atoms. The first-order valence-electron chi connectivity index (χ1n) is 10.1. The van der Waals surface area contributed by atoms with E-state index in [0.29, 0.717) is 24.5 Å². The van der Waals surface area contributed by atoms with E-state index < -0.39 is 17.5 Å². The molecule has 0 saturated heterocycles. The van der Waals surface area contributed by atoms with Gasteiger partial charge in [-0.05, 0) is 49.8 Å². The summed E-state index contributed by atoms with van der Waals surface area (Å²) in [7, 11) is 0. The number of hydrogen-bond donors (Lipinski definition) is 3. The van der Waals surface area contributed by atoms with Gasteiger partial charge in [0.25, 0.3) is 5.91 Å². The summed E-state index contributed by atoms with van der Waals surface area (Å²) in [6.07, 6.45) is 4.18. The van der Waals surface area contributed by atoms with E-state index in [-0.39, 0.29) is 11.3 Å². The number of aliphatic hydroxyl groups excluding tert-OH is 1. The molecule has 2 aromatic carbocycles. The van der Waals surface area contributed by atoms with Gasteiger partial charge < -0.3 is 20.3 Å². The average Bonchev–Trinajstić information content (AvgIpc) is 2.79. The Labute approximate surface area is 183 Å². The average molecular weight is 428 g/mol. The number of ether oxygens (including phenoxy) is 1. The Hall–Kier alpha value is -3.54. The highest BCUT2D eigenvalue weighted by atomic mass is 19.1. The first-order valence-corrected chi connectivity index (χ1v) is 10.1. The van der Waals surface area contributed by atoms with Crippen LogP contribution in [-0.2, 0) is 11.2 Å². The van der Waals surface area contributed by atoms with Crippen molar-refractivity contribution >= 4 is 11.6 Å². The number of nitrogens with one attached hydrogen (secondary N) is 1. The molecule has 0 aliphatic heterocycles. The van der Waals surface area contributed by atoms with Crippen LogP contribution in [0.2, 0.25) is 0 Å². The number of aromatic hydroxyl groups is 1. The molecule has 3 N–H and O–H groups in total. The van der Waals surface area contributed by atoms with Crippen molar-refractivity contribution in [3.8, 4) is 11.5 Å². The molecule has 0 fully saturated rings. The van der Waals surface area contributed by atoms with Crippen molar-refractivity contribution in [2.75, 3.05) is 11.9 Å². The molecular formula is C25H30FNO4. The summed E-state index contributed by atoms with van der Waals surface area (Å²) in [6.45, 7) is 7.42. The van der Waals surface area contributed by atoms with Crippen molar-refractivity contribution in [2.24, 2.45) is 0 Å².